The molecule has 1 saturated heterocycles. The second-order valence-corrected chi connectivity index (χ2v) is 13.8. The number of rotatable bonds is 8. The third-order valence-corrected chi connectivity index (χ3v) is 8.41. The van der Waals surface area contributed by atoms with Crippen LogP contribution in [0.3, 0.4) is 0 Å². The second kappa shape index (κ2) is 12.6. The zero-order chi connectivity index (χ0) is 29.0. The number of amides is 2. The van der Waals surface area contributed by atoms with Gasteiger partial charge in [-0.2, -0.15) is 0 Å². The number of thiazole rings is 1. The topological polar surface area (TPSA) is 148 Å². The Hall–Kier alpha value is -2.74. The van der Waals surface area contributed by atoms with E-state index in [9.17, 15) is 18.0 Å². The van der Waals surface area contributed by atoms with E-state index in [0.717, 1.165) is 17.8 Å². The first-order chi connectivity index (χ1) is 18.1. The van der Waals surface area contributed by atoms with Crippen LogP contribution < -0.4 is 20.7 Å². The molecule has 2 aromatic rings. The maximum Gasteiger partial charge on any atom is 0.411 e. The van der Waals surface area contributed by atoms with Gasteiger partial charge in [0.2, 0.25) is 10.0 Å². The highest BCUT2D eigenvalue weighted by atomic mass is 32.2. The number of benzene rings is 1. The molecule has 2 unspecified atom stereocenters. The molecule has 216 valence electrons. The van der Waals surface area contributed by atoms with Crippen LogP contribution in [0.5, 0.6) is 0 Å². The van der Waals surface area contributed by atoms with Gasteiger partial charge in [0.1, 0.15) is 5.01 Å². The molecule has 4 N–H and O–H groups in total. The van der Waals surface area contributed by atoms with E-state index in [1.165, 1.54) is 17.4 Å². The highest BCUT2D eigenvalue weighted by Crippen LogP contribution is 2.37. The number of piperidine rings is 1. The summed E-state index contributed by atoms with van der Waals surface area (Å²) in [5, 5.41) is 9.71. The molecule has 1 fully saturated rings. The Bertz CT molecular complexity index is 1260. The van der Waals surface area contributed by atoms with E-state index in [2.05, 4.69) is 25.7 Å². The summed E-state index contributed by atoms with van der Waals surface area (Å²) in [6, 6.07) is 4.65. The van der Waals surface area contributed by atoms with E-state index < -0.39 is 27.7 Å². The van der Waals surface area contributed by atoms with Gasteiger partial charge in [-0.1, -0.05) is 6.07 Å². The summed E-state index contributed by atoms with van der Waals surface area (Å²) in [5.74, 6) is 0. The van der Waals surface area contributed by atoms with Crippen LogP contribution in [0.25, 0.3) is 10.4 Å². The van der Waals surface area contributed by atoms with Crippen molar-refractivity contribution in [3.63, 3.8) is 0 Å². The standard InChI is InChI=1S/C26H39N5O6S2/c1-15(2)36-24(32)29-17-8-10-19(22(12-17)39(34,35)31-26(5,6)7)21-14-28-23(38-21)20-11-9-18(13-27-20)30-25(33)37-16(3)4/h8,10,12,14-16,18,20,27,31H,9,11,13H2,1-7H3,(H,29,32)(H,30,33). The number of hydrogen-bond donors (Lipinski definition) is 4. The van der Waals surface area contributed by atoms with Crippen molar-refractivity contribution in [2.45, 2.75) is 96.0 Å². The van der Waals surface area contributed by atoms with Gasteiger partial charge in [0.25, 0.3) is 0 Å². The van der Waals surface area contributed by atoms with E-state index in [1.54, 1.807) is 66.8 Å². The van der Waals surface area contributed by atoms with Gasteiger partial charge in [0.05, 0.1) is 28.0 Å². The third kappa shape index (κ3) is 9.16. The summed E-state index contributed by atoms with van der Waals surface area (Å²) in [7, 11) is -3.95. The number of alkyl carbamates (subject to hydrolysis) is 1. The number of nitrogens with one attached hydrogen (secondary N) is 4. The first-order valence-corrected chi connectivity index (χ1v) is 15.2. The van der Waals surface area contributed by atoms with Crippen molar-refractivity contribution in [1.82, 2.24) is 20.3 Å². The maximum atomic E-state index is 13.4. The van der Waals surface area contributed by atoms with E-state index in [0.29, 0.717) is 22.7 Å². The zero-order valence-corrected chi connectivity index (χ0v) is 25.1. The summed E-state index contributed by atoms with van der Waals surface area (Å²) in [5.41, 5.74) is 0.0598. The molecule has 0 radical (unpaired) electrons. The number of nitrogens with zero attached hydrogens (tertiary/aromatic N) is 1. The minimum absolute atomic E-state index is 0.0255. The lowest BCUT2D eigenvalue weighted by atomic mass is 10.0. The molecule has 0 saturated carbocycles. The number of ether oxygens (including phenoxy) is 2. The lowest BCUT2D eigenvalue weighted by Gasteiger charge is -2.29. The lowest BCUT2D eigenvalue weighted by molar-refractivity contribution is 0.110. The average molecular weight is 582 g/mol. The normalized spacial score (nSPS) is 18.2. The molecule has 1 aliphatic rings. The fourth-order valence-electron chi connectivity index (χ4n) is 4.02. The van der Waals surface area contributed by atoms with Crippen molar-refractivity contribution < 1.29 is 27.5 Å². The number of anilines is 1. The van der Waals surface area contributed by atoms with Crippen LogP contribution in [0.15, 0.2) is 29.3 Å². The smallest absolute Gasteiger partial charge is 0.411 e. The number of carbonyl (C=O) groups is 2. The van der Waals surface area contributed by atoms with Crippen LogP contribution in [0.1, 0.15) is 72.4 Å². The van der Waals surface area contributed by atoms with Gasteiger partial charge in [-0.3, -0.25) is 5.32 Å². The van der Waals surface area contributed by atoms with E-state index in [1.807, 2.05) is 0 Å². The summed E-state index contributed by atoms with van der Waals surface area (Å²) >= 11 is 1.40. The number of carbonyl (C=O) groups excluding carboxylic acids is 2. The van der Waals surface area contributed by atoms with Gasteiger partial charge < -0.3 is 20.1 Å². The lowest BCUT2D eigenvalue weighted by Crippen LogP contribution is -2.47. The van der Waals surface area contributed by atoms with E-state index in [-0.39, 0.29) is 29.2 Å². The van der Waals surface area contributed by atoms with Crippen molar-refractivity contribution in [3.05, 3.63) is 29.4 Å². The molecule has 1 aliphatic heterocycles. The average Bonchev–Trinajstić information content (AvgIpc) is 3.27. The molecule has 0 spiro atoms. The molecular weight excluding hydrogens is 542 g/mol. The Morgan fingerprint density at radius 2 is 1.74 bits per heavy atom. The minimum Gasteiger partial charge on any atom is -0.447 e. The Morgan fingerprint density at radius 3 is 2.33 bits per heavy atom. The van der Waals surface area contributed by atoms with Crippen LogP contribution >= 0.6 is 11.3 Å². The Kier molecular flexibility index (Phi) is 9.97. The van der Waals surface area contributed by atoms with Crippen LogP contribution in [-0.4, -0.2) is 55.9 Å². The highest BCUT2D eigenvalue weighted by molar-refractivity contribution is 7.89. The Morgan fingerprint density at radius 1 is 1.08 bits per heavy atom. The molecule has 3 rings (SSSR count). The maximum absolute atomic E-state index is 13.4. The van der Waals surface area contributed by atoms with Crippen LogP contribution in [0, 0.1) is 0 Å². The summed E-state index contributed by atoms with van der Waals surface area (Å²) in [6.45, 7) is 12.9. The minimum atomic E-state index is -3.95. The molecule has 1 aromatic carbocycles. The molecule has 1 aromatic heterocycles. The monoisotopic (exact) mass is 581 g/mol. The van der Waals surface area contributed by atoms with Gasteiger partial charge in [0, 0.05) is 35.6 Å². The molecule has 2 atom stereocenters. The van der Waals surface area contributed by atoms with Crippen molar-refractivity contribution >= 4 is 39.2 Å². The molecule has 13 heteroatoms. The first-order valence-electron chi connectivity index (χ1n) is 12.9. The van der Waals surface area contributed by atoms with Crippen molar-refractivity contribution in [3.8, 4) is 10.4 Å². The Labute approximate surface area is 234 Å². The van der Waals surface area contributed by atoms with Crippen LogP contribution in [0.2, 0.25) is 0 Å². The van der Waals surface area contributed by atoms with Crippen molar-refractivity contribution in [2.75, 3.05) is 11.9 Å². The van der Waals surface area contributed by atoms with Gasteiger partial charge in [-0.15, -0.1) is 11.3 Å². The molecule has 2 amide bonds. The predicted octanol–water partition coefficient (Wildman–Crippen LogP) is 4.77. The largest absolute Gasteiger partial charge is 0.447 e. The van der Waals surface area contributed by atoms with E-state index in [4.69, 9.17) is 9.47 Å². The number of sulfonamides is 1. The van der Waals surface area contributed by atoms with Gasteiger partial charge >= 0.3 is 12.2 Å². The SMILES string of the molecule is CC(C)OC(=O)Nc1ccc(-c2cnc(C3CCC(NC(=O)OC(C)C)CN3)s2)c(S(=O)(=O)NC(C)(C)C)c1. The van der Waals surface area contributed by atoms with Crippen molar-refractivity contribution in [1.29, 1.82) is 0 Å². The third-order valence-electron chi connectivity index (χ3n) is 5.47. The van der Waals surface area contributed by atoms with Gasteiger partial charge in [0.15, 0.2) is 0 Å². The molecular formula is C26H39N5O6S2. The summed E-state index contributed by atoms with van der Waals surface area (Å²) in [6.07, 6.45) is 1.56. The molecule has 0 aliphatic carbocycles. The first kappa shape index (κ1) is 30.8. The zero-order valence-electron chi connectivity index (χ0n) is 23.5. The van der Waals surface area contributed by atoms with Crippen LogP contribution in [0.4, 0.5) is 15.3 Å². The highest BCUT2D eigenvalue weighted by Gasteiger charge is 2.29. The fourth-order valence-corrected chi connectivity index (χ4v) is 6.82. The molecule has 39 heavy (non-hydrogen) atoms. The fraction of sp³-hybridized carbons (Fsp3) is 0.577. The van der Waals surface area contributed by atoms with Gasteiger partial charge in [-0.05, 0) is 73.4 Å². The van der Waals surface area contributed by atoms with E-state index >= 15 is 0 Å². The van der Waals surface area contributed by atoms with Gasteiger partial charge in [-0.25, -0.2) is 27.7 Å². The molecule has 11 nitrogen and oxygen atoms in total. The number of aromatic nitrogens is 1. The molecule has 0 bridgehead atoms. The Balaban J connectivity index is 1.82. The predicted molar refractivity (Wildman–Crippen MR) is 151 cm³/mol. The van der Waals surface area contributed by atoms with Crippen LogP contribution in [-0.2, 0) is 19.5 Å². The quantitative estimate of drug-likeness (QED) is 0.348. The van der Waals surface area contributed by atoms with Crippen molar-refractivity contribution in [2.24, 2.45) is 0 Å². The summed E-state index contributed by atoms with van der Waals surface area (Å²) in [4.78, 5) is 29.3. The number of hydrogen-bond acceptors (Lipinski definition) is 9. The summed E-state index contributed by atoms with van der Waals surface area (Å²) < 4.78 is 39.8. The molecule has 2 heterocycles. The second-order valence-electron chi connectivity index (χ2n) is 11.0.